The van der Waals surface area contributed by atoms with E-state index in [2.05, 4.69) is 31.5 Å². The van der Waals surface area contributed by atoms with Crippen LogP contribution in [0.15, 0.2) is 54.4 Å². The minimum atomic E-state index is -0.827. The minimum absolute atomic E-state index is 0.000781. The highest BCUT2D eigenvalue weighted by atomic mass is 19.1. The van der Waals surface area contributed by atoms with Crippen molar-refractivity contribution >= 4 is 23.3 Å². The summed E-state index contributed by atoms with van der Waals surface area (Å²) >= 11 is 0. The molecule has 2 aromatic heterocycles. The first kappa shape index (κ1) is 25.4. The van der Waals surface area contributed by atoms with Crippen molar-refractivity contribution in [2.24, 2.45) is 0 Å². The number of anilines is 2. The van der Waals surface area contributed by atoms with Gasteiger partial charge in [0.15, 0.2) is 17.2 Å². The number of likely N-dealkylation sites (tertiary alicyclic amines) is 1. The van der Waals surface area contributed by atoms with Crippen molar-refractivity contribution in [1.29, 1.82) is 0 Å². The van der Waals surface area contributed by atoms with Crippen molar-refractivity contribution in [1.82, 2.24) is 20.2 Å². The van der Waals surface area contributed by atoms with Crippen LogP contribution in [0.2, 0.25) is 0 Å². The average Bonchev–Trinajstić information content (AvgIpc) is 2.86. The maximum atomic E-state index is 14.7. The molecule has 35 heavy (non-hydrogen) atoms. The van der Waals surface area contributed by atoms with Gasteiger partial charge in [0.2, 0.25) is 0 Å². The maximum Gasteiger partial charge on any atom is 0.358 e. The molecule has 1 aliphatic heterocycles. The lowest BCUT2D eigenvalue weighted by molar-refractivity contribution is 0.0595. The maximum absolute atomic E-state index is 14.7. The molecule has 1 amide bonds. The number of hydrogen-bond donors (Lipinski definition) is 3. The van der Waals surface area contributed by atoms with E-state index in [1.807, 2.05) is 19.1 Å². The molecule has 0 bridgehead atoms. The summed E-state index contributed by atoms with van der Waals surface area (Å²) < 4.78 is 19.3. The van der Waals surface area contributed by atoms with Gasteiger partial charge in [-0.25, -0.2) is 19.2 Å². The molecule has 0 aromatic carbocycles. The predicted octanol–water partition coefficient (Wildman–Crippen LogP) is 3.42. The Bertz CT molecular complexity index is 1200. The predicted molar refractivity (Wildman–Crippen MR) is 133 cm³/mol. The third-order valence-electron chi connectivity index (χ3n) is 5.52. The third kappa shape index (κ3) is 5.65. The number of hydrogen-bond acceptors (Lipinski definition) is 8. The Labute approximate surface area is 203 Å². The quantitative estimate of drug-likeness (QED) is 0.405. The number of aromatic nitrogens is 2. The number of nitrogens with one attached hydrogen (secondary N) is 1. The van der Waals surface area contributed by atoms with E-state index in [-0.39, 0.29) is 34.2 Å². The average molecular weight is 481 g/mol. The van der Waals surface area contributed by atoms with Crippen molar-refractivity contribution in [3.8, 4) is 11.4 Å². The molecule has 9 nitrogen and oxygen atoms in total. The number of amides is 1. The van der Waals surface area contributed by atoms with Gasteiger partial charge in [-0.15, -0.1) is 0 Å². The van der Waals surface area contributed by atoms with Gasteiger partial charge in [0.25, 0.3) is 5.91 Å². The van der Waals surface area contributed by atoms with Crippen LogP contribution in [0.1, 0.15) is 47.2 Å². The van der Waals surface area contributed by atoms with Crippen molar-refractivity contribution in [2.45, 2.75) is 26.2 Å². The molecule has 5 N–H and O–H groups in total. The molecular formula is C25H29FN6O3. The lowest BCUT2D eigenvalue weighted by Crippen LogP contribution is -2.33. The number of piperidine rings is 1. The minimum Gasteiger partial charge on any atom is -0.464 e. The number of rotatable bonds is 7. The number of carbonyl (C=O) groups is 2. The molecule has 0 atom stereocenters. The number of nitrogens with zero attached hydrogens (tertiary/aromatic N) is 3. The van der Waals surface area contributed by atoms with E-state index in [1.54, 1.807) is 6.08 Å². The van der Waals surface area contributed by atoms with Crippen LogP contribution in [0.3, 0.4) is 0 Å². The Kier molecular flexibility index (Phi) is 8.19. The molecule has 10 heteroatoms. The summed E-state index contributed by atoms with van der Waals surface area (Å²) in [6, 6.07) is 3.77. The number of allylic oxidation sites excluding steroid dienone is 3. The molecule has 0 unspecified atom stereocenters. The number of nitrogens with two attached hydrogens (primary N) is 2. The van der Waals surface area contributed by atoms with Crippen LogP contribution < -0.4 is 16.8 Å². The van der Waals surface area contributed by atoms with Crippen LogP contribution >= 0.6 is 0 Å². The van der Waals surface area contributed by atoms with E-state index in [0.29, 0.717) is 5.70 Å². The number of ether oxygens (including phenoxy) is 1. The zero-order chi connectivity index (χ0) is 25.5. The summed E-state index contributed by atoms with van der Waals surface area (Å²) in [7, 11) is 1.16. The van der Waals surface area contributed by atoms with E-state index in [9.17, 15) is 14.0 Å². The Hall–Kier alpha value is -4.21. The van der Waals surface area contributed by atoms with Crippen LogP contribution in [0.5, 0.6) is 0 Å². The molecule has 2 aromatic rings. The summed E-state index contributed by atoms with van der Waals surface area (Å²) in [6.07, 6.45) is 8.65. The topological polar surface area (TPSA) is 136 Å². The summed E-state index contributed by atoms with van der Waals surface area (Å²) in [4.78, 5) is 35.5. The van der Waals surface area contributed by atoms with Crippen LogP contribution in [0.4, 0.5) is 15.8 Å². The van der Waals surface area contributed by atoms with Gasteiger partial charge in [0, 0.05) is 19.2 Å². The van der Waals surface area contributed by atoms with Gasteiger partial charge in [-0.2, -0.15) is 0 Å². The molecule has 0 spiro atoms. The molecule has 0 radical (unpaired) electrons. The summed E-state index contributed by atoms with van der Waals surface area (Å²) in [5, 5.41) is 2.83. The normalized spacial score (nSPS) is 14.4. The molecule has 0 aliphatic carbocycles. The molecule has 1 saturated heterocycles. The SMILES string of the molecule is C=C/C(NC(=O)c1nc(-c2nc(C(=O)OC)c(N)cc2F)ccc1N)=C(\C=C/C)N1CCCCC1. The van der Waals surface area contributed by atoms with Crippen LogP contribution in [0, 0.1) is 5.82 Å². The highest BCUT2D eigenvalue weighted by molar-refractivity contribution is 5.99. The zero-order valence-corrected chi connectivity index (χ0v) is 19.8. The number of pyridine rings is 2. The first-order valence-corrected chi connectivity index (χ1v) is 11.2. The number of carbonyl (C=O) groups excluding carboxylic acids is 2. The number of methoxy groups -OCH3 is 1. The Morgan fingerprint density at radius 1 is 1.14 bits per heavy atom. The van der Waals surface area contributed by atoms with Crippen LogP contribution in [0.25, 0.3) is 11.4 Å². The molecule has 1 fully saturated rings. The molecule has 3 heterocycles. The lowest BCUT2D eigenvalue weighted by Gasteiger charge is -2.31. The summed E-state index contributed by atoms with van der Waals surface area (Å²) in [5.74, 6) is -2.24. The van der Waals surface area contributed by atoms with Crippen LogP contribution in [-0.2, 0) is 4.74 Å². The van der Waals surface area contributed by atoms with E-state index in [0.717, 1.165) is 51.2 Å². The van der Waals surface area contributed by atoms with Gasteiger partial charge in [0.1, 0.15) is 5.69 Å². The van der Waals surface area contributed by atoms with Crippen molar-refractivity contribution in [2.75, 3.05) is 31.7 Å². The van der Waals surface area contributed by atoms with Crippen molar-refractivity contribution in [3.05, 3.63) is 71.6 Å². The Morgan fingerprint density at radius 2 is 1.86 bits per heavy atom. The van der Waals surface area contributed by atoms with Gasteiger partial charge < -0.3 is 26.4 Å². The lowest BCUT2D eigenvalue weighted by atomic mass is 10.1. The number of esters is 1. The van der Waals surface area contributed by atoms with E-state index in [4.69, 9.17) is 11.5 Å². The van der Waals surface area contributed by atoms with Gasteiger partial charge >= 0.3 is 5.97 Å². The fourth-order valence-corrected chi connectivity index (χ4v) is 3.79. The number of halogens is 1. The third-order valence-corrected chi connectivity index (χ3v) is 5.52. The van der Waals surface area contributed by atoms with Crippen molar-refractivity contribution < 1.29 is 18.7 Å². The molecule has 0 saturated carbocycles. The highest BCUT2D eigenvalue weighted by Crippen LogP contribution is 2.25. The molecule has 1 aliphatic rings. The van der Waals surface area contributed by atoms with Crippen molar-refractivity contribution in [3.63, 3.8) is 0 Å². The zero-order valence-electron chi connectivity index (χ0n) is 19.8. The Morgan fingerprint density at radius 3 is 2.49 bits per heavy atom. The van der Waals surface area contributed by atoms with E-state index >= 15 is 0 Å². The monoisotopic (exact) mass is 480 g/mol. The highest BCUT2D eigenvalue weighted by Gasteiger charge is 2.22. The number of nitrogen functional groups attached to an aromatic ring is 2. The molecule has 184 valence electrons. The first-order valence-electron chi connectivity index (χ1n) is 11.2. The molecular weight excluding hydrogens is 451 g/mol. The van der Waals surface area contributed by atoms with E-state index < -0.39 is 17.7 Å². The fourth-order valence-electron chi connectivity index (χ4n) is 3.79. The standard InChI is InChI=1S/C25H29FN6O3/c1-4-9-20(32-12-7-6-8-13-32)18(5-2)30-24(33)22-16(27)10-11-19(29-22)21-15(26)14-17(28)23(31-21)25(34)35-3/h4-5,9-11,14H,2,6-8,12-13,27-28H2,1,3H3,(H,30,33)/b9-4-,20-18-. The van der Waals surface area contributed by atoms with Crippen LogP contribution in [-0.4, -0.2) is 46.9 Å². The second-order valence-electron chi connectivity index (χ2n) is 7.89. The molecule has 3 rings (SSSR count). The fraction of sp³-hybridized carbons (Fsp3) is 0.280. The second-order valence-corrected chi connectivity index (χ2v) is 7.89. The van der Waals surface area contributed by atoms with Gasteiger partial charge in [0.05, 0.1) is 35.6 Å². The first-order chi connectivity index (χ1) is 16.8. The van der Waals surface area contributed by atoms with Gasteiger partial charge in [-0.1, -0.05) is 12.7 Å². The van der Waals surface area contributed by atoms with E-state index in [1.165, 1.54) is 12.1 Å². The van der Waals surface area contributed by atoms with Gasteiger partial charge in [-0.05, 0) is 50.5 Å². The second kappa shape index (κ2) is 11.3. The Balaban J connectivity index is 2.00. The summed E-state index contributed by atoms with van der Waals surface area (Å²) in [6.45, 7) is 7.48. The smallest absolute Gasteiger partial charge is 0.358 e. The largest absolute Gasteiger partial charge is 0.464 e. The summed E-state index contributed by atoms with van der Waals surface area (Å²) in [5.41, 5.74) is 12.3. The van der Waals surface area contributed by atoms with Gasteiger partial charge in [-0.3, -0.25) is 4.79 Å².